The lowest BCUT2D eigenvalue weighted by Gasteiger charge is -2.34. The zero-order chi connectivity index (χ0) is 13.8. The second-order valence-corrected chi connectivity index (χ2v) is 6.79. The van der Waals surface area contributed by atoms with Crippen molar-refractivity contribution in [2.24, 2.45) is 0 Å². The summed E-state index contributed by atoms with van der Waals surface area (Å²) in [7, 11) is 0. The van der Waals surface area contributed by atoms with Gasteiger partial charge in [0.25, 0.3) is 0 Å². The van der Waals surface area contributed by atoms with Crippen molar-refractivity contribution >= 4 is 17.3 Å². The molecule has 1 saturated heterocycles. The Bertz CT molecular complexity index is 489. The number of aliphatic hydroxyl groups is 1. The normalized spacial score (nSPS) is 29.4. The number of aromatic carboxylic acids is 1. The van der Waals surface area contributed by atoms with Gasteiger partial charge in [-0.1, -0.05) is 0 Å². The molecule has 1 atom stereocenters. The van der Waals surface area contributed by atoms with Gasteiger partial charge in [-0.25, -0.2) is 4.79 Å². The molecule has 4 nitrogen and oxygen atoms in total. The molecule has 1 aliphatic rings. The van der Waals surface area contributed by atoms with E-state index in [0.29, 0.717) is 11.3 Å². The van der Waals surface area contributed by atoms with E-state index in [-0.39, 0.29) is 5.56 Å². The van der Waals surface area contributed by atoms with Gasteiger partial charge in [0, 0.05) is 6.42 Å². The Morgan fingerprint density at radius 3 is 2.44 bits per heavy atom. The summed E-state index contributed by atoms with van der Waals surface area (Å²) in [6.45, 7) is 7.40. The topological polar surface area (TPSA) is 66.8 Å². The summed E-state index contributed by atoms with van der Waals surface area (Å²) in [5.41, 5.74) is -2.39. The van der Waals surface area contributed by atoms with Gasteiger partial charge in [-0.05, 0) is 39.1 Å². The molecule has 2 N–H and O–H groups in total. The zero-order valence-corrected chi connectivity index (χ0v) is 11.8. The minimum Gasteiger partial charge on any atom is -0.478 e. The maximum Gasteiger partial charge on any atom is 0.336 e. The maximum absolute atomic E-state index is 11.2. The SMILES string of the molecule is CC1(C)CC(O)(c2sccc2C(=O)O)C(C)(C)O1. The van der Waals surface area contributed by atoms with Crippen LogP contribution in [0.2, 0.25) is 0 Å². The average Bonchev–Trinajstić information content (AvgIpc) is 2.67. The third kappa shape index (κ3) is 1.86. The number of carboxylic acids is 1. The average molecular weight is 270 g/mol. The molecule has 2 rings (SSSR count). The van der Waals surface area contributed by atoms with Gasteiger partial charge in [0.1, 0.15) is 5.60 Å². The van der Waals surface area contributed by atoms with Crippen LogP contribution < -0.4 is 0 Å². The van der Waals surface area contributed by atoms with Crippen LogP contribution in [0.15, 0.2) is 11.4 Å². The van der Waals surface area contributed by atoms with Crippen molar-refractivity contribution in [2.75, 3.05) is 0 Å². The molecule has 1 unspecified atom stereocenters. The fourth-order valence-corrected chi connectivity index (χ4v) is 3.93. The van der Waals surface area contributed by atoms with Crippen molar-refractivity contribution in [3.63, 3.8) is 0 Å². The highest BCUT2D eigenvalue weighted by Crippen LogP contribution is 2.52. The van der Waals surface area contributed by atoms with Crippen molar-refractivity contribution in [3.05, 3.63) is 21.9 Å². The summed E-state index contributed by atoms with van der Waals surface area (Å²) in [6.07, 6.45) is 0.383. The molecular formula is C13H18O4S. The molecule has 0 amide bonds. The van der Waals surface area contributed by atoms with E-state index in [9.17, 15) is 15.0 Å². The van der Waals surface area contributed by atoms with Gasteiger partial charge in [-0.2, -0.15) is 0 Å². The van der Waals surface area contributed by atoms with Gasteiger partial charge in [-0.3, -0.25) is 0 Å². The predicted molar refractivity (Wildman–Crippen MR) is 69.0 cm³/mol. The molecule has 1 aromatic rings. The Kier molecular flexibility index (Phi) is 2.85. The van der Waals surface area contributed by atoms with E-state index in [1.54, 1.807) is 19.2 Å². The summed E-state index contributed by atoms with van der Waals surface area (Å²) in [5.74, 6) is -1.01. The van der Waals surface area contributed by atoms with Gasteiger partial charge in [0.15, 0.2) is 0 Å². The van der Waals surface area contributed by atoms with Crippen LogP contribution in [0.3, 0.4) is 0 Å². The van der Waals surface area contributed by atoms with Crippen LogP contribution in [0.5, 0.6) is 0 Å². The van der Waals surface area contributed by atoms with Crippen LogP contribution >= 0.6 is 11.3 Å². The number of hydrogen-bond acceptors (Lipinski definition) is 4. The van der Waals surface area contributed by atoms with Crippen LogP contribution in [0.25, 0.3) is 0 Å². The molecule has 1 aromatic heterocycles. The molecule has 1 aliphatic heterocycles. The van der Waals surface area contributed by atoms with Crippen molar-refractivity contribution in [3.8, 4) is 0 Å². The smallest absolute Gasteiger partial charge is 0.336 e. The minimum absolute atomic E-state index is 0.164. The number of carbonyl (C=O) groups is 1. The van der Waals surface area contributed by atoms with E-state index in [0.717, 1.165) is 0 Å². The second kappa shape index (κ2) is 3.79. The van der Waals surface area contributed by atoms with E-state index < -0.39 is 22.8 Å². The van der Waals surface area contributed by atoms with Gasteiger partial charge < -0.3 is 14.9 Å². The lowest BCUT2D eigenvalue weighted by atomic mass is 9.80. The maximum atomic E-state index is 11.2. The van der Waals surface area contributed by atoms with Crippen LogP contribution in [0, 0.1) is 0 Å². The van der Waals surface area contributed by atoms with Crippen molar-refractivity contribution in [1.29, 1.82) is 0 Å². The van der Waals surface area contributed by atoms with E-state index in [1.807, 2.05) is 13.8 Å². The van der Waals surface area contributed by atoms with Crippen LogP contribution in [-0.2, 0) is 10.3 Å². The molecule has 5 heteroatoms. The third-order valence-electron chi connectivity index (χ3n) is 3.48. The number of ether oxygens (including phenoxy) is 1. The number of carboxylic acid groups (broad SMARTS) is 1. The number of thiophene rings is 1. The summed E-state index contributed by atoms with van der Waals surface area (Å²) < 4.78 is 5.87. The molecule has 0 aromatic carbocycles. The quantitative estimate of drug-likeness (QED) is 0.867. The fraction of sp³-hybridized carbons (Fsp3) is 0.615. The van der Waals surface area contributed by atoms with Gasteiger partial charge >= 0.3 is 5.97 Å². The Balaban J connectivity index is 2.55. The van der Waals surface area contributed by atoms with Crippen molar-refractivity contribution in [1.82, 2.24) is 0 Å². The van der Waals surface area contributed by atoms with Crippen LogP contribution in [0.4, 0.5) is 0 Å². The highest BCUT2D eigenvalue weighted by molar-refractivity contribution is 7.10. The lowest BCUT2D eigenvalue weighted by molar-refractivity contribution is -0.128. The van der Waals surface area contributed by atoms with Crippen LogP contribution in [-0.4, -0.2) is 27.4 Å². The summed E-state index contributed by atoms with van der Waals surface area (Å²) >= 11 is 1.27. The Morgan fingerprint density at radius 1 is 1.39 bits per heavy atom. The zero-order valence-electron chi connectivity index (χ0n) is 11.0. The van der Waals surface area contributed by atoms with E-state index >= 15 is 0 Å². The summed E-state index contributed by atoms with van der Waals surface area (Å²) in [5, 5.41) is 21.8. The molecule has 0 bridgehead atoms. The lowest BCUT2D eigenvalue weighted by Crippen LogP contribution is -2.43. The molecule has 18 heavy (non-hydrogen) atoms. The molecule has 0 radical (unpaired) electrons. The van der Waals surface area contributed by atoms with E-state index in [4.69, 9.17) is 4.74 Å². The van der Waals surface area contributed by atoms with Gasteiger partial charge in [0.2, 0.25) is 0 Å². The minimum atomic E-state index is -1.27. The molecule has 0 saturated carbocycles. The van der Waals surface area contributed by atoms with Crippen LogP contribution in [0.1, 0.15) is 49.4 Å². The largest absolute Gasteiger partial charge is 0.478 e. The molecule has 1 fully saturated rings. The Morgan fingerprint density at radius 2 is 2.00 bits per heavy atom. The van der Waals surface area contributed by atoms with Crippen molar-refractivity contribution < 1.29 is 19.7 Å². The fourth-order valence-electron chi connectivity index (χ4n) is 2.79. The highest BCUT2D eigenvalue weighted by Gasteiger charge is 2.58. The first-order chi connectivity index (χ1) is 8.09. The molecule has 2 heterocycles. The highest BCUT2D eigenvalue weighted by atomic mass is 32.1. The van der Waals surface area contributed by atoms with Gasteiger partial charge in [-0.15, -0.1) is 11.3 Å². The predicted octanol–water partition coefficient (Wildman–Crippen LogP) is 2.61. The standard InChI is InChI=1S/C13H18O4S/c1-11(2)7-13(16,12(3,4)17-11)9-8(10(14)15)5-6-18-9/h5-6,16H,7H2,1-4H3,(H,14,15). The number of rotatable bonds is 2. The Labute approximate surface area is 110 Å². The van der Waals surface area contributed by atoms with Gasteiger partial charge in [0.05, 0.1) is 21.6 Å². The summed E-state index contributed by atoms with van der Waals surface area (Å²) in [4.78, 5) is 11.7. The first kappa shape index (κ1) is 13.5. The van der Waals surface area contributed by atoms with Crippen molar-refractivity contribution in [2.45, 2.75) is 50.9 Å². The first-order valence-electron chi connectivity index (χ1n) is 5.83. The number of hydrogen-bond donors (Lipinski definition) is 2. The van der Waals surface area contributed by atoms with E-state index in [1.165, 1.54) is 17.4 Å². The third-order valence-corrected chi connectivity index (χ3v) is 4.55. The molecule has 0 aliphatic carbocycles. The monoisotopic (exact) mass is 270 g/mol. The molecule has 100 valence electrons. The molecular weight excluding hydrogens is 252 g/mol. The molecule has 0 spiro atoms. The Hall–Kier alpha value is -0.910. The first-order valence-corrected chi connectivity index (χ1v) is 6.71. The van der Waals surface area contributed by atoms with E-state index in [2.05, 4.69) is 0 Å². The second-order valence-electron chi connectivity index (χ2n) is 5.88. The summed E-state index contributed by atoms with van der Waals surface area (Å²) in [6, 6.07) is 1.53.